The molecule has 3 nitrogen and oxygen atoms in total. The number of benzene rings is 3. The number of hydrogen-bond acceptors (Lipinski definition) is 3. The molecule has 0 spiro atoms. The molecule has 0 fully saturated rings. The fraction of sp³-hybridized carbons (Fsp3) is 0.136. The minimum absolute atomic E-state index is 0.0529. The lowest BCUT2D eigenvalue weighted by Gasteiger charge is -2.20. The molecule has 1 atom stereocenters. The monoisotopic (exact) mass is 443 g/mol. The van der Waals surface area contributed by atoms with Crippen molar-refractivity contribution in [1.82, 2.24) is 0 Å². The topological polar surface area (TPSA) is 38.3 Å². The van der Waals surface area contributed by atoms with E-state index in [9.17, 15) is 4.79 Å². The van der Waals surface area contributed by atoms with Gasteiger partial charge in [-0.2, -0.15) is 0 Å². The average molecular weight is 445 g/mol. The van der Waals surface area contributed by atoms with Crippen molar-refractivity contribution >= 4 is 39.0 Å². The Morgan fingerprint density at radius 2 is 1.63 bits per heavy atom. The summed E-state index contributed by atoms with van der Waals surface area (Å²) in [6.45, 7) is 0. The molecule has 0 amide bonds. The van der Waals surface area contributed by atoms with Crippen LogP contribution in [-0.4, -0.2) is 12.9 Å². The summed E-state index contributed by atoms with van der Waals surface area (Å²) in [6, 6.07) is 22.5. The van der Waals surface area contributed by atoms with Crippen LogP contribution in [0.25, 0.3) is 0 Å². The Balaban J connectivity index is 1.84. The Kier molecular flexibility index (Phi) is 6.54. The lowest BCUT2D eigenvalue weighted by atomic mass is 9.97. The van der Waals surface area contributed by atoms with Crippen molar-refractivity contribution in [3.8, 4) is 5.75 Å². The molecule has 3 aromatic rings. The second-order valence-electron chi connectivity index (χ2n) is 6.11. The summed E-state index contributed by atoms with van der Waals surface area (Å²) in [5.41, 5.74) is 2.61. The van der Waals surface area contributed by atoms with E-state index in [1.165, 1.54) is 0 Å². The molecule has 5 heteroatoms. The number of rotatable bonds is 7. The molecule has 0 aliphatic heterocycles. The molecule has 0 aromatic heterocycles. The van der Waals surface area contributed by atoms with Gasteiger partial charge in [-0.3, -0.25) is 4.79 Å². The van der Waals surface area contributed by atoms with Gasteiger partial charge in [0.15, 0.2) is 5.78 Å². The summed E-state index contributed by atoms with van der Waals surface area (Å²) in [5.74, 6) is 0.835. The van der Waals surface area contributed by atoms with Crippen molar-refractivity contribution in [3.05, 3.63) is 93.4 Å². The predicted octanol–water partition coefficient (Wildman–Crippen LogP) is 6.54. The van der Waals surface area contributed by atoms with E-state index in [-0.39, 0.29) is 11.8 Å². The quantitative estimate of drug-likeness (QED) is 0.421. The first-order chi connectivity index (χ1) is 13.0. The Labute approximate surface area is 172 Å². The van der Waals surface area contributed by atoms with Crippen LogP contribution in [-0.2, 0) is 0 Å². The summed E-state index contributed by atoms with van der Waals surface area (Å²) in [7, 11) is 1.64. The SMILES string of the molecule is COc1ccc([C@H](CC(=O)c2ccc(Cl)cc2)Nc2ccc(Br)cc2)cc1. The summed E-state index contributed by atoms with van der Waals surface area (Å²) in [5, 5.41) is 4.08. The van der Waals surface area contributed by atoms with Gasteiger partial charge in [0.05, 0.1) is 13.2 Å². The molecule has 138 valence electrons. The van der Waals surface area contributed by atoms with E-state index in [2.05, 4.69) is 21.2 Å². The summed E-state index contributed by atoms with van der Waals surface area (Å²) >= 11 is 9.37. The number of ketones is 1. The van der Waals surface area contributed by atoms with Gasteiger partial charge in [-0.25, -0.2) is 0 Å². The summed E-state index contributed by atoms with van der Waals surface area (Å²) in [4.78, 5) is 12.8. The lowest BCUT2D eigenvalue weighted by Crippen LogP contribution is -2.16. The first-order valence-electron chi connectivity index (χ1n) is 8.50. The van der Waals surface area contributed by atoms with Gasteiger partial charge in [0.2, 0.25) is 0 Å². The molecule has 0 radical (unpaired) electrons. The van der Waals surface area contributed by atoms with Crippen molar-refractivity contribution in [2.75, 3.05) is 12.4 Å². The van der Waals surface area contributed by atoms with Crippen LogP contribution >= 0.6 is 27.5 Å². The van der Waals surface area contributed by atoms with E-state index < -0.39 is 0 Å². The normalized spacial score (nSPS) is 11.7. The zero-order valence-electron chi connectivity index (χ0n) is 14.8. The number of anilines is 1. The fourth-order valence-corrected chi connectivity index (χ4v) is 3.17. The molecule has 3 aromatic carbocycles. The van der Waals surface area contributed by atoms with Crippen molar-refractivity contribution in [2.24, 2.45) is 0 Å². The number of ether oxygens (including phenoxy) is 1. The van der Waals surface area contributed by atoms with Crippen LogP contribution in [0.2, 0.25) is 5.02 Å². The predicted molar refractivity (Wildman–Crippen MR) is 114 cm³/mol. The zero-order valence-corrected chi connectivity index (χ0v) is 17.1. The van der Waals surface area contributed by atoms with E-state index in [1.54, 1.807) is 31.4 Å². The molecule has 0 unspecified atom stereocenters. The molecule has 0 aliphatic rings. The third kappa shape index (κ3) is 5.34. The Morgan fingerprint density at radius 3 is 2.22 bits per heavy atom. The first kappa shape index (κ1) is 19.5. The van der Waals surface area contributed by atoms with Gasteiger partial charge in [0.25, 0.3) is 0 Å². The molecule has 0 saturated carbocycles. The second kappa shape index (κ2) is 9.07. The molecule has 0 bridgehead atoms. The van der Waals surface area contributed by atoms with Crippen LogP contribution in [0, 0.1) is 0 Å². The van der Waals surface area contributed by atoms with E-state index in [0.29, 0.717) is 17.0 Å². The third-order valence-electron chi connectivity index (χ3n) is 4.26. The van der Waals surface area contributed by atoms with Gasteiger partial charge in [-0.1, -0.05) is 39.7 Å². The van der Waals surface area contributed by atoms with E-state index in [4.69, 9.17) is 16.3 Å². The van der Waals surface area contributed by atoms with Crippen LogP contribution in [0.3, 0.4) is 0 Å². The van der Waals surface area contributed by atoms with Crippen molar-refractivity contribution < 1.29 is 9.53 Å². The summed E-state index contributed by atoms with van der Waals surface area (Å²) in [6.07, 6.45) is 0.323. The second-order valence-corrected chi connectivity index (χ2v) is 7.46. The van der Waals surface area contributed by atoms with E-state index in [0.717, 1.165) is 21.5 Å². The van der Waals surface area contributed by atoms with Crippen molar-refractivity contribution in [3.63, 3.8) is 0 Å². The smallest absolute Gasteiger partial charge is 0.165 e. The Hall–Kier alpha value is -2.30. The number of methoxy groups -OCH3 is 1. The van der Waals surface area contributed by atoms with Gasteiger partial charge < -0.3 is 10.1 Å². The van der Waals surface area contributed by atoms with Crippen molar-refractivity contribution in [2.45, 2.75) is 12.5 Å². The van der Waals surface area contributed by atoms with Crippen LogP contribution in [0.4, 0.5) is 5.69 Å². The van der Waals surface area contributed by atoms with Gasteiger partial charge in [-0.05, 0) is 66.2 Å². The summed E-state index contributed by atoms with van der Waals surface area (Å²) < 4.78 is 6.24. The number of nitrogens with one attached hydrogen (secondary N) is 1. The zero-order chi connectivity index (χ0) is 19.2. The largest absolute Gasteiger partial charge is 0.497 e. The molecule has 0 aliphatic carbocycles. The maximum Gasteiger partial charge on any atom is 0.165 e. The molecule has 3 rings (SSSR count). The highest BCUT2D eigenvalue weighted by atomic mass is 79.9. The Bertz CT molecular complexity index is 893. The molecule has 27 heavy (non-hydrogen) atoms. The van der Waals surface area contributed by atoms with Gasteiger partial charge in [0, 0.05) is 27.2 Å². The highest BCUT2D eigenvalue weighted by Crippen LogP contribution is 2.27. The lowest BCUT2D eigenvalue weighted by molar-refractivity contribution is 0.0976. The number of carbonyl (C=O) groups is 1. The van der Waals surface area contributed by atoms with Crippen LogP contribution in [0.1, 0.15) is 28.4 Å². The van der Waals surface area contributed by atoms with E-state index in [1.807, 2.05) is 48.5 Å². The average Bonchev–Trinajstić information content (AvgIpc) is 2.69. The van der Waals surface area contributed by atoms with E-state index >= 15 is 0 Å². The first-order valence-corrected chi connectivity index (χ1v) is 9.67. The van der Waals surface area contributed by atoms with Crippen LogP contribution in [0.15, 0.2) is 77.3 Å². The minimum Gasteiger partial charge on any atom is -0.497 e. The highest BCUT2D eigenvalue weighted by molar-refractivity contribution is 9.10. The maximum absolute atomic E-state index is 12.8. The number of halogens is 2. The minimum atomic E-state index is -0.166. The van der Waals surface area contributed by atoms with Crippen LogP contribution in [0.5, 0.6) is 5.75 Å². The number of Topliss-reactive ketones (excluding diaryl/α,β-unsaturated/α-hetero) is 1. The third-order valence-corrected chi connectivity index (χ3v) is 5.04. The molecular weight excluding hydrogens is 426 g/mol. The molecule has 0 heterocycles. The Morgan fingerprint density at radius 1 is 1.00 bits per heavy atom. The van der Waals surface area contributed by atoms with Gasteiger partial charge in [0.1, 0.15) is 5.75 Å². The molecule has 1 N–H and O–H groups in total. The van der Waals surface area contributed by atoms with Gasteiger partial charge in [-0.15, -0.1) is 0 Å². The number of carbonyl (C=O) groups excluding carboxylic acids is 1. The van der Waals surface area contributed by atoms with Crippen molar-refractivity contribution in [1.29, 1.82) is 0 Å². The van der Waals surface area contributed by atoms with Crippen LogP contribution < -0.4 is 10.1 Å². The maximum atomic E-state index is 12.8. The molecule has 0 saturated heterocycles. The fourth-order valence-electron chi connectivity index (χ4n) is 2.77. The highest BCUT2D eigenvalue weighted by Gasteiger charge is 2.18. The standard InChI is InChI=1S/C22H19BrClNO2/c1-27-20-12-4-15(5-13-20)21(25-19-10-6-17(23)7-11-19)14-22(26)16-2-8-18(24)9-3-16/h2-13,21,25H,14H2,1H3/t21-/m0/s1. The number of hydrogen-bond donors (Lipinski definition) is 1. The van der Waals surface area contributed by atoms with Gasteiger partial charge >= 0.3 is 0 Å². The molecular formula is C22H19BrClNO2.